The van der Waals surface area contributed by atoms with E-state index >= 15 is 0 Å². The Kier molecular flexibility index (Phi) is 28.1. The van der Waals surface area contributed by atoms with Gasteiger partial charge in [-0.1, -0.05) is 108 Å². The molecule has 252 valence electrons. The van der Waals surface area contributed by atoms with Gasteiger partial charge in [-0.15, -0.1) is 0 Å². The zero-order valence-corrected chi connectivity index (χ0v) is 28.5. The van der Waals surface area contributed by atoms with E-state index in [-0.39, 0.29) is 13.2 Å². The van der Waals surface area contributed by atoms with Crippen molar-refractivity contribution >= 4 is 0 Å². The van der Waals surface area contributed by atoms with Gasteiger partial charge in [0.15, 0.2) is 0 Å². The molecule has 0 fully saturated rings. The van der Waals surface area contributed by atoms with Crippen molar-refractivity contribution in [1.82, 2.24) is 4.90 Å². The van der Waals surface area contributed by atoms with Crippen LogP contribution in [-0.2, 0) is 6.54 Å². The van der Waals surface area contributed by atoms with Crippen molar-refractivity contribution < 1.29 is 19.7 Å². The van der Waals surface area contributed by atoms with E-state index in [1.54, 1.807) is 0 Å². The Morgan fingerprint density at radius 1 is 0.568 bits per heavy atom. The second-order valence-electron chi connectivity index (χ2n) is 11.9. The molecule has 5 heteroatoms. The Balaban J connectivity index is 2.38. The van der Waals surface area contributed by atoms with Gasteiger partial charge in [-0.05, 0) is 75.5 Å². The lowest BCUT2D eigenvalue weighted by Crippen LogP contribution is -2.29. The molecule has 44 heavy (non-hydrogen) atoms. The van der Waals surface area contributed by atoms with Gasteiger partial charge in [0.2, 0.25) is 0 Å². The minimum absolute atomic E-state index is 0.0718. The highest BCUT2D eigenvalue weighted by molar-refractivity contribution is 5.38. The third kappa shape index (κ3) is 24.3. The average molecular weight is 614 g/mol. The Morgan fingerprint density at radius 3 is 1.55 bits per heavy atom. The van der Waals surface area contributed by atoms with Gasteiger partial charge in [0, 0.05) is 25.7 Å². The molecule has 0 spiro atoms. The third-order valence-corrected chi connectivity index (χ3v) is 7.71. The molecule has 1 aromatic carbocycles. The van der Waals surface area contributed by atoms with Crippen LogP contribution in [0.1, 0.15) is 135 Å². The second-order valence-corrected chi connectivity index (χ2v) is 11.9. The molecule has 0 saturated carbocycles. The number of aliphatic hydroxyl groups excluding tert-OH is 2. The molecule has 0 atom stereocenters. The van der Waals surface area contributed by atoms with E-state index in [4.69, 9.17) is 9.47 Å². The summed E-state index contributed by atoms with van der Waals surface area (Å²) in [5.74, 6) is 1.69. The molecule has 0 aliphatic rings. The Labute approximate surface area is 271 Å². The fraction of sp³-hybridized carbons (Fsp3) is 0.692. The zero-order valence-electron chi connectivity index (χ0n) is 28.5. The Bertz CT molecular complexity index is 845. The average Bonchev–Trinajstić information content (AvgIpc) is 3.02. The highest BCUT2D eigenvalue weighted by atomic mass is 16.5. The molecule has 0 bridgehead atoms. The number of rotatable bonds is 31. The first kappa shape index (κ1) is 39.9. The number of hydrogen-bond acceptors (Lipinski definition) is 5. The molecule has 0 aliphatic heterocycles. The van der Waals surface area contributed by atoms with E-state index in [0.717, 1.165) is 42.7 Å². The molecule has 0 unspecified atom stereocenters. The van der Waals surface area contributed by atoms with E-state index in [0.29, 0.717) is 32.8 Å². The number of nitrogens with zero attached hydrogens (tertiary/aromatic N) is 1. The number of ether oxygens (including phenoxy) is 2. The third-order valence-electron chi connectivity index (χ3n) is 7.71. The summed E-state index contributed by atoms with van der Waals surface area (Å²) < 4.78 is 12.4. The van der Waals surface area contributed by atoms with E-state index in [1.165, 1.54) is 89.9 Å². The van der Waals surface area contributed by atoms with Crippen molar-refractivity contribution in [3.05, 3.63) is 60.2 Å². The van der Waals surface area contributed by atoms with E-state index < -0.39 is 0 Å². The maximum absolute atomic E-state index is 9.44. The number of benzene rings is 1. The summed E-state index contributed by atoms with van der Waals surface area (Å²) in [4.78, 5) is 2.06. The monoisotopic (exact) mass is 614 g/mol. The van der Waals surface area contributed by atoms with Gasteiger partial charge in [0.25, 0.3) is 0 Å². The molecule has 0 amide bonds. The van der Waals surface area contributed by atoms with Crippen LogP contribution in [0.3, 0.4) is 0 Å². The SMILES string of the molecule is CC/C=C\CCCCCCCCOc1cc(CN(CCO)CCO)cc(OCCCCCCCC/C=C\C/C=C\CCC)c1. The number of unbranched alkanes of at least 4 members (excludes halogenated alkanes) is 13. The predicted molar refractivity (Wildman–Crippen MR) is 189 cm³/mol. The van der Waals surface area contributed by atoms with Crippen LogP contribution in [0.2, 0.25) is 0 Å². The van der Waals surface area contributed by atoms with E-state index in [1.807, 2.05) is 6.07 Å². The van der Waals surface area contributed by atoms with Gasteiger partial charge in [-0.2, -0.15) is 0 Å². The molecular weight excluding hydrogens is 546 g/mol. The van der Waals surface area contributed by atoms with Crippen LogP contribution >= 0.6 is 0 Å². The topological polar surface area (TPSA) is 62.2 Å². The molecule has 2 N–H and O–H groups in total. The lowest BCUT2D eigenvalue weighted by atomic mass is 10.1. The standard InChI is InChI=1S/C39H67NO4/c1-3-5-7-9-11-13-15-16-17-18-20-22-24-26-32-44-39-34-37(36-40(27-29-41)28-30-42)33-38(35-39)43-31-25-23-21-19-14-12-10-8-6-4-2/h6-9,13,15,33-35,41-42H,3-5,10-12,14,16-32,36H2,1-2H3/b8-6-,9-7-,15-13-. The van der Waals surface area contributed by atoms with Gasteiger partial charge in [0.1, 0.15) is 11.5 Å². The van der Waals surface area contributed by atoms with Crippen LogP contribution in [-0.4, -0.2) is 54.6 Å². The van der Waals surface area contributed by atoms with Crippen LogP contribution in [0.15, 0.2) is 54.7 Å². The van der Waals surface area contributed by atoms with Crippen LogP contribution in [0, 0.1) is 0 Å². The van der Waals surface area contributed by atoms with Gasteiger partial charge in [-0.3, -0.25) is 4.90 Å². The summed E-state index contributed by atoms with van der Waals surface area (Å²) in [6.45, 7) is 7.68. The Hall–Kier alpha value is -2.08. The highest BCUT2D eigenvalue weighted by Gasteiger charge is 2.09. The smallest absolute Gasteiger partial charge is 0.123 e. The largest absolute Gasteiger partial charge is 0.493 e. The van der Waals surface area contributed by atoms with Crippen LogP contribution in [0.4, 0.5) is 0 Å². The van der Waals surface area contributed by atoms with Crippen molar-refractivity contribution in [1.29, 1.82) is 0 Å². The fourth-order valence-electron chi connectivity index (χ4n) is 5.18. The molecule has 1 aromatic rings. The maximum Gasteiger partial charge on any atom is 0.123 e. The summed E-state index contributed by atoms with van der Waals surface area (Å²) in [6.07, 6.45) is 35.6. The Morgan fingerprint density at radius 2 is 1.05 bits per heavy atom. The molecule has 0 aromatic heterocycles. The number of allylic oxidation sites excluding steroid dienone is 6. The number of aliphatic hydroxyl groups is 2. The van der Waals surface area contributed by atoms with Gasteiger partial charge < -0.3 is 19.7 Å². The summed E-state index contributed by atoms with van der Waals surface area (Å²) >= 11 is 0. The van der Waals surface area contributed by atoms with Gasteiger partial charge in [-0.25, -0.2) is 0 Å². The van der Waals surface area contributed by atoms with Crippen LogP contribution in [0.25, 0.3) is 0 Å². The fourth-order valence-corrected chi connectivity index (χ4v) is 5.18. The first-order valence-corrected chi connectivity index (χ1v) is 18.0. The van der Waals surface area contributed by atoms with Crippen molar-refractivity contribution in [3.63, 3.8) is 0 Å². The van der Waals surface area contributed by atoms with Crippen LogP contribution in [0.5, 0.6) is 11.5 Å². The summed E-state index contributed by atoms with van der Waals surface area (Å²) in [6, 6.07) is 6.18. The lowest BCUT2D eigenvalue weighted by molar-refractivity contribution is 0.155. The zero-order chi connectivity index (χ0) is 31.8. The van der Waals surface area contributed by atoms with Crippen molar-refractivity contribution in [3.8, 4) is 11.5 Å². The molecular formula is C39H67NO4. The van der Waals surface area contributed by atoms with Gasteiger partial charge >= 0.3 is 0 Å². The van der Waals surface area contributed by atoms with Crippen molar-refractivity contribution in [2.24, 2.45) is 0 Å². The minimum atomic E-state index is 0.0718. The van der Waals surface area contributed by atoms with Crippen molar-refractivity contribution in [2.75, 3.05) is 39.5 Å². The first-order chi connectivity index (χ1) is 21.7. The molecule has 0 radical (unpaired) electrons. The first-order valence-electron chi connectivity index (χ1n) is 18.0. The minimum Gasteiger partial charge on any atom is -0.493 e. The molecule has 0 aliphatic carbocycles. The quantitative estimate of drug-likeness (QED) is 0.0645. The molecule has 1 rings (SSSR count). The highest BCUT2D eigenvalue weighted by Crippen LogP contribution is 2.25. The molecule has 0 heterocycles. The second kappa shape index (κ2) is 30.9. The summed E-state index contributed by atoms with van der Waals surface area (Å²) in [5.41, 5.74) is 1.09. The molecule has 0 saturated heterocycles. The van der Waals surface area contributed by atoms with E-state index in [9.17, 15) is 10.2 Å². The van der Waals surface area contributed by atoms with Crippen LogP contribution < -0.4 is 9.47 Å². The van der Waals surface area contributed by atoms with Gasteiger partial charge in [0.05, 0.1) is 26.4 Å². The summed E-state index contributed by atoms with van der Waals surface area (Å²) in [7, 11) is 0. The summed E-state index contributed by atoms with van der Waals surface area (Å²) in [5, 5.41) is 18.9. The van der Waals surface area contributed by atoms with E-state index in [2.05, 4.69) is 67.3 Å². The number of hydrogen-bond donors (Lipinski definition) is 2. The lowest BCUT2D eigenvalue weighted by Gasteiger charge is -2.21. The molecule has 5 nitrogen and oxygen atoms in total. The normalized spacial score (nSPS) is 12.0. The maximum atomic E-state index is 9.44. The van der Waals surface area contributed by atoms with Crippen molar-refractivity contribution in [2.45, 2.75) is 136 Å². The predicted octanol–water partition coefficient (Wildman–Crippen LogP) is 9.96.